The molecule has 8 nitrogen and oxygen atoms in total. The van der Waals surface area contributed by atoms with Crippen LogP contribution >= 0.6 is 0 Å². The minimum atomic E-state index is -0.370. The van der Waals surface area contributed by atoms with Crippen molar-refractivity contribution in [2.24, 2.45) is 0 Å². The van der Waals surface area contributed by atoms with Crippen molar-refractivity contribution in [1.82, 2.24) is 0 Å². The molecule has 0 saturated heterocycles. The van der Waals surface area contributed by atoms with E-state index in [-0.39, 0.29) is 24.1 Å². The number of nitrogens with one attached hydrogen (secondary N) is 3. The lowest BCUT2D eigenvalue weighted by Crippen LogP contribution is -2.22. The van der Waals surface area contributed by atoms with Crippen LogP contribution in [0.3, 0.4) is 0 Å². The third-order valence-corrected chi connectivity index (χ3v) is 4.00. The molecular formula is C21H21N3O5. The molecule has 3 aromatic rings. The maximum Gasteiger partial charge on any atom is 0.291 e. The maximum absolute atomic E-state index is 12.3. The summed E-state index contributed by atoms with van der Waals surface area (Å²) < 4.78 is 15.5. The number of methoxy groups -OCH3 is 2. The molecule has 2 aromatic carbocycles. The van der Waals surface area contributed by atoms with Gasteiger partial charge in [0.2, 0.25) is 5.91 Å². The fraction of sp³-hybridized carbons (Fsp3) is 0.143. The van der Waals surface area contributed by atoms with Crippen LogP contribution < -0.4 is 25.4 Å². The first-order valence-electron chi connectivity index (χ1n) is 8.79. The van der Waals surface area contributed by atoms with Crippen molar-refractivity contribution in [2.45, 2.75) is 0 Å². The van der Waals surface area contributed by atoms with Crippen LogP contribution in [0.15, 0.2) is 65.3 Å². The Kier molecular flexibility index (Phi) is 6.36. The quantitative estimate of drug-likeness (QED) is 0.539. The van der Waals surface area contributed by atoms with E-state index in [1.54, 1.807) is 68.8 Å². The Bertz CT molecular complexity index is 986. The minimum Gasteiger partial charge on any atom is -0.497 e. The zero-order chi connectivity index (χ0) is 20.6. The molecule has 8 heteroatoms. The molecule has 0 aliphatic carbocycles. The Morgan fingerprint density at radius 3 is 2.41 bits per heavy atom. The Morgan fingerprint density at radius 1 is 0.931 bits per heavy atom. The predicted molar refractivity (Wildman–Crippen MR) is 110 cm³/mol. The van der Waals surface area contributed by atoms with Crippen LogP contribution in [0.4, 0.5) is 17.1 Å². The van der Waals surface area contributed by atoms with Gasteiger partial charge >= 0.3 is 0 Å². The van der Waals surface area contributed by atoms with Crippen LogP contribution in [0.1, 0.15) is 10.6 Å². The standard InChI is InChI=1S/C21H21N3O5/c1-27-16-8-9-18(28-2)17(12-16)22-13-20(25)23-14-5-3-6-15(11-14)24-21(26)19-7-4-10-29-19/h3-12,22H,13H2,1-2H3,(H,23,25)(H,24,26). The zero-order valence-electron chi connectivity index (χ0n) is 16.0. The molecule has 0 fully saturated rings. The summed E-state index contributed by atoms with van der Waals surface area (Å²) >= 11 is 0. The van der Waals surface area contributed by atoms with Gasteiger partial charge < -0.3 is 29.8 Å². The number of furan rings is 1. The second-order valence-corrected chi connectivity index (χ2v) is 5.98. The van der Waals surface area contributed by atoms with Crippen molar-refractivity contribution in [3.8, 4) is 11.5 Å². The van der Waals surface area contributed by atoms with Crippen molar-refractivity contribution < 1.29 is 23.5 Å². The summed E-state index contributed by atoms with van der Waals surface area (Å²) in [4.78, 5) is 24.4. The highest BCUT2D eigenvalue weighted by Crippen LogP contribution is 2.28. The van der Waals surface area contributed by atoms with Crippen LogP contribution in [0.25, 0.3) is 0 Å². The summed E-state index contributed by atoms with van der Waals surface area (Å²) in [7, 11) is 3.12. The highest BCUT2D eigenvalue weighted by molar-refractivity contribution is 6.02. The number of hydrogen-bond donors (Lipinski definition) is 3. The van der Waals surface area contributed by atoms with Gasteiger partial charge in [-0.2, -0.15) is 0 Å². The Morgan fingerprint density at radius 2 is 1.72 bits per heavy atom. The number of amides is 2. The highest BCUT2D eigenvalue weighted by Gasteiger charge is 2.10. The second-order valence-electron chi connectivity index (χ2n) is 5.98. The third kappa shape index (κ3) is 5.29. The van der Waals surface area contributed by atoms with Crippen LogP contribution in [0.2, 0.25) is 0 Å². The number of benzene rings is 2. The highest BCUT2D eigenvalue weighted by atomic mass is 16.5. The minimum absolute atomic E-state index is 0.0203. The predicted octanol–water partition coefficient (Wildman–Crippen LogP) is 3.60. The largest absolute Gasteiger partial charge is 0.497 e. The SMILES string of the molecule is COc1ccc(OC)c(NCC(=O)Nc2cccc(NC(=O)c3ccco3)c2)c1. The lowest BCUT2D eigenvalue weighted by molar-refractivity contribution is -0.114. The third-order valence-electron chi connectivity index (χ3n) is 4.00. The first-order valence-corrected chi connectivity index (χ1v) is 8.79. The molecule has 1 heterocycles. The molecule has 150 valence electrons. The molecule has 0 saturated carbocycles. The fourth-order valence-corrected chi connectivity index (χ4v) is 2.61. The second kappa shape index (κ2) is 9.32. The first kappa shape index (κ1) is 19.8. The van der Waals surface area contributed by atoms with Crippen molar-refractivity contribution in [1.29, 1.82) is 0 Å². The van der Waals surface area contributed by atoms with Crippen molar-refractivity contribution in [3.63, 3.8) is 0 Å². The molecule has 0 aliphatic rings. The van der Waals surface area contributed by atoms with E-state index in [1.165, 1.54) is 6.26 Å². The number of carbonyl (C=O) groups excluding carboxylic acids is 2. The summed E-state index contributed by atoms with van der Waals surface area (Å²) in [6.07, 6.45) is 1.43. The monoisotopic (exact) mass is 395 g/mol. The van der Waals surface area contributed by atoms with Crippen LogP contribution in [-0.4, -0.2) is 32.6 Å². The number of ether oxygens (including phenoxy) is 2. The molecule has 3 N–H and O–H groups in total. The van der Waals surface area contributed by atoms with E-state index >= 15 is 0 Å². The Hall–Kier alpha value is -3.94. The Balaban J connectivity index is 1.59. The van der Waals surface area contributed by atoms with Crippen LogP contribution in [0.5, 0.6) is 11.5 Å². The molecule has 0 unspecified atom stereocenters. The van der Waals surface area contributed by atoms with Gasteiger partial charge in [-0.05, 0) is 42.5 Å². The molecule has 0 spiro atoms. The van der Waals surface area contributed by atoms with E-state index in [0.717, 1.165) is 0 Å². The summed E-state index contributed by atoms with van der Waals surface area (Å²) in [5.74, 6) is 0.820. The van der Waals surface area contributed by atoms with Crippen molar-refractivity contribution >= 4 is 28.9 Å². The summed E-state index contributed by atoms with van der Waals surface area (Å²) in [6.45, 7) is 0.0203. The number of carbonyl (C=O) groups is 2. The fourth-order valence-electron chi connectivity index (χ4n) is 2.61. The van der Waals surface area contributed by atoms with Gasteiger partial charge in [0.25, 0.3) is 5.91 Å². The molecule has 2 amide bonds. The lowest BCUT2D eigenvalue weighted by Gasteiger charge is -2.13. The van der Waals surface area contributed by atoms with E-state index in [4.69, 9.17) is 13.9 Å². The van der Waals surface area contributed by atoms with Gasteiger partial charge in [-0.25, -0.2) is 0 Å². The Labute approximate surface area is 167 Å². The summed E-state index contributed by atoms with van der Waals surface area (Å²) in [5.41, 5.74) is 1.72. The van der Waals surface area contributed by atoms with Gasteiger partial charge in [-0.1, -0.05) is 6.07 Å². The van der Waals surface area contributed by atoms with Crippen LogP contribution in [-0.2, 0) is 4.79 Å². The van der Waals surface area contributed by atoms with Crippen molar-refractivity contribution in [2.75, 3.05) is 36.7 Å². The average molecular weight is 395 g/mol. The molecule has 0 atom stereocenters. The van der Waals surface area contributed by atoms with Crippen molar-refractivity contribution in [3.05, 3.63) is 66.6 Å². The maximum atomic E-state index is 12.3. The average Bonchev–Trinajstić information content (AvgIpc) is 3.27. The topological polar surface area (TPSA) is 102 Å². The molecule has 29 heavy (non-hydrogen) atoms. The lowest BCUT2D eigenvalue weighted by atomic mass is 10.2. The number of hydrogen-bond acceptors (Lipinski definition) is 6. The molecule has 3 rings (SSSR count). The molecule has 0 bridgehead atoms. The van der Waals surface area contributed by atoms with Gasteiger partial charge in [-0.15, -0.1) is 0 Å². The van der Waals surface area contributed by atoms with Gasteiger partial charge in [0.15, 0.2) is 5.76 Å². The summed E-state index contributed by atoms with van der Waals surface area (Å²) in [6, 6.07) is 15.3. The van der Waals surface area contributed by atoms with E-state index in [0.29, 0.717) is 28.6 Å². The van der Waals surface area contributed by atoms with E-state index < -0.39 is 0 Å². The molecule has 0 aliphatic heterocycles. The molecular weight excluding hydrogens is 374 g/mol. The van der Waals surface area contributed by atoms with Crippen LogP contribution in [0, 0.1) is 0 Å². The number of anilines is 3. The van der Waals surface area contributed by atoms with E-state index in [1.807, 2.05) is 0 Å². The van der Waals surface area contributed by atoms with E-state index in [2.05, 4.69) is 16.0 Å². The summed E-state index contributed by atoms with van der Waals surface area (Å²) in [5, 5.41) is 8.52. The first-order chi connectivity index (χ1) is 14.1. The molecule has 0 radical (unpaired) electrons. The number of rotatable bonds is 8. The van der Waals surface area contributed by atoms with Gasteiger partial charge in [-0.3, -0.25) is 9.59 Å². The van der Waals surface area contributed by atoms with Gasteiger partial charge in [0.1, 0.15) is 11.5 Å². The van der Waals surface area contributed by atoms with Gasteiger partial charge in [0, 0.05) is 17.4 Å². The van der Waals surface area contributed by atoms with E-state index in [9.17, 15) is 9.59 Å². The molecule has 1 aromatic heterocycles. The normalized spacial score (nSPS) is 10.1. The van der Waals surface area contributed by atoms with Gasteiger partial charge in [0.05, 0.1) is 32.7 Å². The zero-order valence-corrected chi connectivity index (χ0v) is 16.0. The smallest absolute Gasteiger partial charge is 0.291 e.